The number of carbonyl (C=O) groups is 1. The zero-order chi connectivity index (χ0) is 13.8. The number of piperazine rings is 1. The van der Waals surface area contributed by atoms with Gasteiger partial charge in [0, 0.05) is 32.7 Å². The monoisotopic (exact) mass is 284 g/mol. The molecule has 1 saturated heterocycles. The number of aliphatic hydroxyl groups excluding tert-OH is 1. The zero-order valence-corrected chi connectivity index (χ0v) is 12.2. The maximum Gasteiger partial charge on any atom is 0.267 e. The molecule has 0 radical (unpaired) electrons. The minimum absolute atomic E-state index is 0.0450. The van der Waals surface area contributed by atoms with Crippen LogP contribution < -0.4 is 4.74 Å². The third kappa shape index (κ3) is 3.46. The third-order valence-corrected chi connectivity index (χ3v) is 4.11. The third-order valence-electron chi connectivity index (χ3n) is 3.23. The highest BCUT2D eigenvalue weighted by Crippen LogP contribution is 2.26. The van der Waals surface area contributed by atoms with Crippen LogP contribution in [-0.4, -0.2) is 66.8 Å². The van der Waals surface area contributed by atoms with Gasteiger partial charge in [0.15, 0.2) is 0 Å². The number of ether oxygens (including phenoxy) is 1. The lowest BCUT2D eigenvalue weighted by molar-refractivity contribution is 0.0556. The number of thiophene rings is 1. The molecule has 0 unspecified atom stereocenters. The van der Waals surface area contributed by atoms with E-state index in [4.69, 9.17) is 4.74 Å². The van der Waals surface area contributed by atoms with E-state index in [2.05, 4.69) is 4.90 Å². The number of rotatable bonds is 4. The molecule has 1 atom stereocenters. The largest absolute Gasteiger partial charge is 0.495 e. The van der Waals surface area contributed by atoms with Gasteiger partial charge in [0.2, 0.25) is 0 Å². The van der Waals surface area contributed by atoms with Gasteiger partial charge < -0.3 is 14.7 Å². The zero-order valence-electron chi connectivity index (χ0n) is 11.3. The first-order valence-electron chi connectivity index (χ1n) is 6.43. The molecule has 0 aliphatic carbocycles. The van der Waals surface area contributed by atoms with E-state index in [9.17, 15) is 9.90 Å². The predicted octanol–water partition coefficient (Wildman–Crippen LogP) is 0.895. The van der Waals surface area contributed by atoms with E-state index in [1.165, 1.54) is 11.3 Å². The Morgan fingerprint density at radius 3 is 2.74 bits per heavy atom. The van der Waals surface area contributed by atoms with E-state index in [0.29, 0.717) is 30.3 Å². The van der Waals surface area contributed by atoms with Crippen molar-refractivity contribution in [3.05, 3.63) is 16.3 Å². The summed E-state index contributed by atoms with van der Waals surface area (Å²) in [4.78, 5) is 17.1. The predicted molar refractivity (Wildman–Crippen MR) is 74.9 cm³/mol. The van der Waals surface area contributed by atoms with Gasteiger partial charge in [-0.05, 0) is 18.4 Å². The smallest absolute Gasteiger partial charge is 0.267 e. The lowest BCUT2D eigenvalue weighted by atomic mass is 10.2. The first kappa shape index (κ1) is 14.3. The summed E-state index contributed by atoms with van der Waals surface area (Å²) < 4.78 is 5.19. The molecule has 0 bridgehead atoms. The van der Waals surface area contributed by atoms with Crippen LogP contribution in [0.5, 0.6) is 5.75 Å². The van der Waals surface area contributed by atoms with Gasteiger partial charge >= 0.3 is 0 Å². The standard InChI is InChI=1S/C13H20N2O3S/c1-10(16)9-14-4-6-15(7-5-14)13(17)12-11(18-2)3-8-19-12/h3,8,10,16H,4-7,9H2,1-2H3/t10-/m1/s1. The highest BCUT2D eigenvalue weighted by Gasteiger charge is 2.25. The van der Waals surface area contributed by atoms with Gasteiger partial charge in [0.05, 0.1) is 13.2 Å². The molecule has 106 valence electrons. The van der Waals surface area contributed by atoms with Crippen molar-refractivity contribution in [2.24, 2.45) is 0 Å². The molecule has 1 aliphatic rings. The fourth-order valence-corrected chi connectivity index (χ4v) is 3.09. The number of amides is 1. The van der Waals surface area contributed by atoms with Crippen LogP contribution in [0.25, 0.3) is 0 Å². The second kappa shape index (κ2) is 6.36. The molecule has 1 amide bonds. The van der Waals surface area contributed by atoms with E-state index in [1.54, 1.807) is 14.0 Å². The van der Waals surface area contributed by atoms with Crippen molar-refractivity contribution in [1.29, 1.82) is 0 Å². The Kier molecular flexibility index (Phi) is 4.79. The summed E-state index contributed by atoms with van der Waals surface area (Å²) in [6.45, 7) is 5.48. The van der Waals surface area contributed by atoms with Gasteiger partial charge in [-0.25, -0.2) is 0 Å². The van der Waals surface area contributed by atoms with Gasteiger partial charge in [-0.3, -0.25) is 9.69 Å². The van der Waals surface area contributed by atoms with E-state index in [0.717, 1.165) is 13.1 Å². The molecule has 19 heavy (non-hydrogen) atoms. The average molecular weight is 284 g/mol. The highest BCUT2D eigenvalue weighted by molar-refractivity contribution is 7.12. The van der Waals surface area contributed by atoms with Crippen LogP contribution in [0.4, 0.5) is 0 Å². The maximum atomic E-state index is 12.4. The molecular weight excluding hydrogens is 264 g/mol. The molecule has 2 rings (SSSR count). The fourth-order valence-electron chi connectivity index (χ4n) is 2.26. The SMILES string of the molecule is COc1ccsc1C(=O)N1CCN(C[C@@H](C)O)CC1. The highest BCUT2D eigenvalue weighted by atomic mass is 32.1. The molecule has 5 nitrogen and oxygen atoms in total. The minimum Gasteiger partial charge on any atom is -0.495 e. The number of hydrogen-bond donors (Lipinski definition) is 1. The summed E-state index contributed by atoms with van der Waals surface area (Å²) in [7, 11) is 1.58. The molecule has 0 aromatic carbocycles. The van der Waals surface area contributed by atoms with E-state index in [1.807, 2.05) is 16.3 Å². The molecule has 2 heterocycles. The fraction of sp³-hybridized carbons (Fsp3) is 0.615. The molecule has 1 aliphatic heterocycles. The lowest BCUT2D eigenvalue weighted by Gasteiger charge is -2.35. The minimum atomic E-state index is -0.320. The summed E-state index contributed by atoms with van der Waals surface area (Å²) in [6.07, 6.45) is -0.320. The van der Waals surface area contributed by atoms with Crippen LogP contribution in [0, 0.1) is 0 Å². The second-order valence-electron chi connectivity index (χ2n) is 4.76. The molecule has 6 heteroatoms. The Balaban J connectivity index is 1.92. The van der Waals surface area contributed by atoms with Gasteiger partial charge in [0.25, 0.3) is 5.91 Å². The number of hydrogen-bond acceptors (Lipinski definition) is 5. The molecule has 1 aromatic heterocycles. The van der Waals surface area contributed by atoms with Crippen LogP contribution in [0.3, 0.4) is 0 Å². The van der Waals surface area contributed by atoms with Gasteiger partial charge in [-0.1, -0.05) is 0 Å². The molecule has 0 saturated carbocycles. The quantitative estimate of drug-likeness (QED) is 0.892. The van der Waals surface area contributed by atoms with Crippen molar-refractivity contribution in [3.63, 3.8) is 0 Å². The Bertz CT molecular complexity index is 425. The van der Waals surface area contributed by atoms with Crippen LogP contribution >= 0.6 is 11.3 Å². The maximum absolute atomic E-state index is 12.4. The second-order valence-corrected chi connectivity index (χ2v) is 5.68. The van der Waals surface area contributed by atoms with Crippen molar-refractivity contribution < 1.29 is 14.6 Å². The Morgan fingerprint density at radius 2 is 2.16 bits per heavy atom. The van der Waals surface area contributed by atoms with Gasteiger partial charge in [-0.2, -0.15) is 0 Å². The van der Waals surface area contributed by atoms with Gasteiger partial charge in [-0.15, -0.1) is 11.3 Å². The average Bonchev–Trinajstić information content (AvgIpc) is 2.86. The topological polar surface area (TPSA) is 53.0 Å². The van der Waals surface area contributed by atoms with Crippen molar-refractivity contribution in [3.8, 4) is 5.75 Å². The van der Waals surface area contributed by atoms with E-state index >= 15 is 0 Å². The van der Waals surface area contributed by atoms with Crippen LogP contribution in [-0.2, 0) is 0 Å². The first-order chi connectivity index (χ1) is 9.11. The molecule has 0 spiro atoms. The van der Waals surface area contributed by atoms with Crippen LogP contribution in [0.1, 0.15) is 16.6 Å². The van der Waals surface area contributed by atoms with E-state index < -0.39 is 0 Å². The lowest BCUT2D eigenvalue weighted by Crippen LogP contribution is -2.50. The van der Waals surface area contributed by atoms with Crippen molar-refractivity contribution >= 4 is 17.2 Å². The van der Waals surface area contributed by atoms with Crippen molar-refractivity contribution in [2.45, 2.75) is 13.0 Å². The summed E-state index contributed by atoms with van der Waals surface area (Å²) in [5, 5.41) is 11.2. The molecule has 1 fully saturated rings. The summed E-state index contributed by atoms with van der Waals surface area (Å²) in [5.41, 5.74) is 0. The Labute approximate surface area is 117 Å². The Morgan fingerprint density at radius 1 is 1.47 bits per heavy atom. The van der Waals surface area contributed by atoms with Crippen molar-refractivity contribution in [2.75, 3.05) is 39.8 Å². The summed E-state index contributed by atoms with van der Waals surface area (Å²) in [5.74, 6) is 0.699. The number of methoxy groups -OCH3 is 1. The van der Waals surface area contributed by atoms with Crippen molar-refractivity contribution in [1.82, 2.24) is 9.80 Å². The molecular formula is C13H20N2O3S. The Hall–Kier alpha value is -1.11. The van der Waals surface area contributed by atoms with E-state index in [-0.39, 0.29) is 12.0 Å². The summed E-state index contributed by atoms with van der Waals surface area (Å²) >= 11 is 1.42. The van der Waals surface area contributed by atoms with Gasteiger partial charge in [0.1, 0.15) is 10.6 Å². The summed E-state index contributed by atoms with van der Waals surface area (Å²) in [6, 6.07) is 1.82. The van der Waals surface area contributed by atoms with Crippen LogP contribution in [0.15, 0.2) is 11.4 Å². The first-order valence-corrected chi connectivity index (χ1v) is 7.31. The molecule has 1 aromatic rings. The normalized spacial score (nSPS) is 18.4. The number of β-amino-alcohol motifs (C(OH)–C–C–N with tert-alkyl or cyclic N) is 1. The molecule has 1 N–H and O–H groups in total. The number of aliphatic hydroxyl groups is 1. The van der Waals surface area contributed by atoms with Crippen LogP contribution in [0.2, 0.25) is 0 Å². The number of carbonyl (C=O) groups excluding carboxylic acids is 1. The number of nitrogens with zero attached hydrogens (tertiary/aromatic N) is 2.